The topological polar surface area (TPSA) is 103 Å². The maximum atomic E-state index is 12.8. The van der Waals surface area contributed by atoms with Crippen molar-refractivity contribution in [3.63, 3.8) is 0 Å². The minimum Gasteiger partial charge on any atom is -0.454 e. The predicted octanol–water partition coefficient (Wildman–Crippen LogP) is 4.52. The summed E-state index contributed by atoms with van der Waals surface area (Å²) in [7, 11) is -0.899. The molecule has 4 aromatic rings. The summed E-state index contributed by atoms with van der Waals surface area (Å²) in [5, 5.41) is -0.220. The van der Waals surface area contributed by atoms with E-state index in [2.05, 4.69) is 4.98 Å². The minimum absolute atomic E-state index is 0.207. The average molecular weight is 467 g/mol. The largest absolute Gasteiger partial charge is 0.454 e. The van der Waals surface area contributed by atoms with E-state index < -0.39 is 16.0 Å². The van der Waals surface area contributed by atoms with Crippen LogP contribution in [-0.4, -0.2) is 37.8 Å². The van der Waals surface area contributed by atoms with Crippen molar-refractivity contribution in [2.45, 2.75) is 18.6 Å². The molecule has 0 spiro atoms. The van der Waals surface area contributed by atoms with E-state index in [1.807, 2.05) is 31.2 Å². The lowest BCUT2D eigenvalue weighted by atomic mass is 10.1. The molecule has 0 bridgehead atoms. The van der Waals surface area contributed by atoms with Gasteiger partial charge in [-0.25, -0.2) is 22.5 Å². The van der Waals surface area contributed by atoms with Gasteiger partial charge in [0.2, 0.25) is 11.0 Å². The Hall–Kier alpha value is -3.69. The van der Waals surface area contributed by atoms with Crippen LogP contribution >= 0.6 is 0 Å². The molecule has 0 saturated heterocycles. The molecule has 4 rings (SSSR count). The van der Waals surface area contributed by atoms with Gasteiger partial charge in [0.15, 0.2) is 5.76 Å². The number of benzene rings is 2. The number of sulfonamides is 1. The first kappa shape index (κ1) is 22.5. The van der Waals surface area contributed by atoms with Crippen LogP contribution in [0.15, 0.2) is 80.8 Å². The molecule has 0 aliphatic rings. The monoisotopic (exact) mass is 466 g/mol. The summed E-state index contributed by atoms with van der Waals surface area (Å²) >= 11 is 0. The molecule has 0 atom stereocenters. The fourth-order valence-electron chi connectivity index (χ4n) is 3.07. The summed E-state index contributed by atoms with van der Waals surface area (Å²) < 4.78 is 41.9. The van der Waals surface area contributed by atoms with Crippen LogP contribution in [0.5, 0.6) is 0 Å². The molecule has 170 valence electrons. The first-order valence-corrected chi connectivity index (χ1v) is 11.5. The van der Waals surface area contributed by atoms with Crippen LogP contribution in [0, 0.1) is 6.92 Å². The summed E-state index contributed by atoms with van der Waals surface area (Å²) in [5.41, 5.74) is 2.76. The molecule has 0 saturated carbocycles. The normalized spacial score (nSPS) is 11.6. The standard InChI is InChI=1S/C24H22N2O6S/c1-16-8-10-17(11-9-16)21-14-25-23(32-21)19-6-4-5-7-20(19)24(27)30-15-18-12-13-22(31-18)33(28,29)26(2)3/h4-14H,15H2,1-3H3. The number of esters is 1. The first-order valence-electron chi connectivity index (χ1n) is 10.1. The molecular formula is C24H22N2O6S. The number of rotatable bonds is 7. The zero-order valence-electron chi connectivity index (χ0n) is 18.3. The highest BCUT2D eigenvalue weighted by atomic mass is 32.2. The quantitative estimate of drug-likeness (QED) is 0.369. The maximum Gasteiger partial charge on any atom is 0.339 e. The second kappa shape index (κ2) is 9.05. The van der Waals surface area contributed by atoms with Gasteiger partial charge in [-0.2, -0.15) is 0 Å². The number of hydrogen-bond acceptors (Lipinski definition) is 7. The van der Waals surface area contributed by atoms with Gasteiger partial charge in [0, 0.05) is 19.7 Å². The zero-order valence-corrected chi connectivity index (χ0v) is 19.1. The molecule has 0 radical (unpaired) electrons. The van der Waals surface area contributed by atoms with Crippen molar-refractivity contribution in [2.24, 2.45) is 0 Å². The van der Waals surface area contributed by atoms with Crippen LogP contribution in [-0.2, 0) is 21.4 Å². The third kappa shape index (κ3) is 4.74. The summed E-state index contributed by atoms with van der Waals surface area (Å²) in [5.74, 6) is 0.460. The summed E-state index contributed by atoms with van der Waals surface area (Å²) in [4.78, 5) is 17.1. The lowest BCUT2D eigenvalue weighted by Crippen LogP contribution is -2.21. The molecule has 0 unspecified atom stereocenters. The Morgan fingerprint density at radius 1 is 1.00 bits per heavy atom. The molecule has 0 amide bonds. The van der Waals surface area contributed by atoms with E-state index >= 15 is 0 Å². The summed E-state index contributed by atoms with van der Waals surface area (Å²) in [6, 6.07) is 17.4. The number of nitrogens with zero attached hydrogens (tertiary/aromatic N) is 2. The Morgan fingerprint density at radius 3 is 2.45 bits per heavy atom. The van der Waals surface area contributed by atoms with Crippen LogP contribution < -0.4 is 0 Å². The lowest BCUT2D eigenvalue weighted by Gasteiger charge is -2.08. The SMILES string of the molecule is Cc1ccc(-c2cnc(-c3ccccc3C(=O)OCc3ccc(S(=O)(=O)N(C)C)o3)o2)cc1. The maximum absolute atomic E-state index is 12.8. The summed E-state index contributed by atoms with van der Waals surface area (Å²) in [6.45, 7) is 1.78. The van der Waals surface area contributed by atoms with Crippen molar-refractivity contribution in [1.82, 2.24) is 9.29 Å². The van der Waals surface area contributed by atoms with E-state index in [9.17, 15) is 13.2 Å². The van der Waals surface area contributed by atoms with Gasteiger partial charge >= 0.3 is 5.97 Å². The fourth-order valence-corrected chi connectivity index (χ4v) is 3.88. The number of ether oxygens (including phenoxy) is 1. The van der Waals surface area contributed by atoms with Crippen molar-refractivity contribution in [3.8, 4) is 22.8 Å². The van der Waals surface area contributed by atoms with Gasteiger partial charge in [-0.15, -0.1) is 0 Å². The average Bonchev–Trinajstić information content (AvgIpc) is 3.48. The van der Waals surface area contributed by atoms with Gasteiger partial charge in [-0.1, -0.05) is 42.0 Å². The number of oxazole rings is 1. The van der Waals surface area contributed by atoms with E-state index in [4.69, 9.17) is 13.6 Å². The number of hydrogen-bond donors (Lipinski definition) is 0. The molecular weight excluding hydrogens is 444 g/mol. The Labute approximate surface area is 191 Å². The van der Waals surface area contributed by atoms with Gasteiger partial charge in [0.25, 0.3) is 10.0 Å². The molecule has 0 aliphatic heterocycles. The molecule has 0 aliphatic carbocycles. The second-order valence-electron chi connectivity index (χ2n) is 7.53. The van der Waals surface area contributed by atoms with E-state index in [-0.39, 0.29) is 28.9 Å². The van der Waals surface area contributed by atoms with Crippen LogP contribution in [0.1, 0.15) is 21.7 Å². The molecule has 9 heteroatoms. The van der Waals surface area contributed by atoms with Gasteiger partial charge in [0.05, 0.1) is 17.3 Å². The van der Waals surface area contributed by atoms with Crippen LogP contribution in [0.2, 0.25) is 0 Å². The van der Waals surface area contributed by atoms with Gasteiger partial charge in [-0.05, 0) is 31.2 Å². The van der Waals surface area contributed by atoms with Crippen molar-refractivity contribution in [1.29, 1.82) is 0 Å². The summed E-state index contributed by atoms with van der Waals surface area (Å²) in [6.07, 6.45) is 1.61. The number of aromatic nitrogens is 1. The molecule has 33 heavy (non-hydrogen) atoms. The first-order chi connectivity index (χ1) is 15.8. The lowest BCUT2D eigenvalue weighted by molar-refractivity contribution is 0.0441. The minimum atomic E-state index is -3.71. The Balaban J connectivity index is 1.52. The fraction of sp³-hybridized carbons (Fsp3) is 0.167. The molecule has 2 heterocycles. The van der Waals surface area contributed by atoms with Crippen molar-refractivity contribution >= 4 is 16.0 Å². The van der Waals surface area contributed by atoms with Gasteiger partial charge < -0.3 is 13.6 Å². The second-order valence-corrected chi connectivity index (χ2v) is 9.61. The van der Waals surface area contributed by atoms with Crippen molar-refractivity contribution < 1.29 is 26.8 Å². The number of carbonyl (C=O) groups is 1. The number of aryl methyl sites for hydroxylation is 1. The van der Waals surface area contributed by atoms with Crippen LogP contribution in [0.3, 0.4) is 0 Å². The number of carbonyl (C=O) groups excluding carboxylic acids is 1. The Morgan fingerprint density at radius 2 is 1.73 bits per heavy atom. The van der Waals surface area contributed by atoms with Crippen LogP contribution in [0.4, 0.5) is 0 Å². The third-order valence-electron chi connectivity index (χ3n) is 4.94. The molecule has 0 fully saturated rings. The van der Waals surface area contributed by atoms with Crippen molar-refractivity contribution in [3.05, 3.63) is 83.7 Å². The molecule has 2 aromatic carbocycles. The highest BCUT2D eigenvalue weighted by Gasteiger charge is 2.23. The Kier molecular flexibility index (Phi) is 6.17. The highest BCUT2D eigenvalue weighted by Crippen LogP contribution is 2.29. The Bertz CT molecular complexity index is 1380. The predicted molar refractivity (Wildman–Crippen MR) is 121 cm³/mol. The van der Waals surface area contributed by atoms with E-state index in [0.717, 1.165) is 15.4 Å². The number of furan rings is 1. The van der Waals surface area contributed by atoms with Gasteiger partial charge in [-0.3, -0.25) is 0 Å². The van der Waals surface area contributed by atoms with E-state index in [1.54, 1.807) is 30.5 Å². The molecule has 0 N–H and O–H groups in total. The van der Waals surface area contributed by atoms with E-state index in [0.29, 0.717) is 11.3 Å². The van der Waals surface area contributed by atoms with Crippen molar-refractivity contribution in [2.75, 3.05) is 14.1 Å². The highest BCUT2D eigenvalue weighted by molar-refractivity contribution is 7.88. The van der Waals surface area contributed by atoms with Crippen LogP contribution in [0.25, 0.3) is 22.8 Å². The third-order valence-corrected chi connectivity index (χ3v) is 6.63. The molecule has 8 nitrogen and oxygen atoms in total. The zero-order chi connectivity index (χ0) is 23.6. The smallest absolute Gasteiger partial charge is 0.339 e. The van der Waals surface area contributed by atoms with Gasteiger partial charge in [0.1, 0.15) is 12.4 Å². The van der Waals surface area contributed by atoms with E-state index in [1.165, 1.54) is 26.2 Å². The molecule has 2 aromatic heterocycles.